The molecule has 0 spiro atoms. The van der Waals surface area contributed by atoms with Crippen molar-refractivity contribution in [2.75, 3.05) is 43.0 Å². The Morgan fingerprint density at radius 3 is 2.10 bits per heavy atom. The van der Waals surface area contributed by atoms with E-state index in [9.17, 15) is 21.6 Å². The molecule has 0 saturated carbocycles. The van der Waals surface area contributed by atoms with Crippen LogP contribution >= 0.6 is 11.8 Å². The fourth-order valence-electron chi connectivity index (χ4n) is 4.42. The molecule has 0 atom stereocenters. The minimum Gasteiger partial charge on any atom is -0.497 e. The van der Waals surface area contributed by atoms with Crippen LogP contribution in [0.5, 0.6) is 11.5 Å². The van der Waals surface area contributed by atoms with Crippen LogP contribution in [0, 0.1) is 5.92 Å². The average molecular weight is 620 g/mol. The summed E-state index contributed by atoms with van der Waals surface area (Å²) in [6.45, 7) is 3.43. The van der Waals surface area contributed by atoms with Gasteiger partial charge in [0.25, 0.3) is 26.0 Å². The molecule has 0 aliphatic carbocycles. The Kier molecular flexibility index (Phi) is 9.40. The standard InChI is InChI=1S/C28H33N3O7S3/c1-19-13-15-31(16-14-19)28(32)24-18-23(10-12-27(24)39-4)41(35,36)29-20-5-8-22(9-6-20)40(33,34)30-25-17-21(37-2)7-11-26(25)38-3/h5-12,17-19,29-30H,13-16H2,1-4H3. The van der Waals surface area contributed by atoms with Gasteiger partial charge in [0, 0.05) is 29.7 Å². The van der Waals surface area contributed by atoms with Crippen molar-refractivity contribution in [1.29, 1.82) is 0 Å². The number of nitrogens with one attached hydrogen (secondary N) is 2. The highest BCUT2D eigenvalue weighted by atomic mass is 32.2. The molecule has 10 nitrogen and oxygen atoms in total. The van der Waals surface area contributed by atoms with Crippen LogP contribution in [0.25, 0.3) is 0 Å². The van der Waals surface area contributed by atoms with Crippen molar-refractivity contribution in [2.24, 2.45) is 5.92 Å². The van der Waals surface area contributed by atoms with Crippen molar-refractivity contribution in [2.45, 2.75) is 34.5 Å². The highest BCUT2D eigenvalue weighted by Gasteiger charge is 2.26. The average Bonchev–Trinajstić information content (AvgIpc) is 2.96. The molecular weight excluding hydrogens is 587 g/mol. The Hall–Kier alpha value is -3.42. The minimum absolute atomic E-state index is 0.0625. The van der Waals surface area contributed by atoms with Gasteiger partial charge in [-0.3, -0.25) is 14.2 Å². The van der Waals surface area contributed by atoms with Crippen LogP contribution in [0.4, 0.5) is 11.4 Å². The van der Waals surface area contributed by atoms with Crippen molar-refractivity contribution in [3.63, 3.8) is 0 Å². The number of hydrogen-bond donors (Lipinski definition) is 2. The normalized spacial score (nSPS) is 14.4. The van der Waals surface area contributed by atoms with Gasteiger partial charge in [0.2, 0.25) is 0 Å². The summed E-state index contributed by atoms with van der Waals surface area (Å²) in [5, 5.41) is 0. The van der Waals surface area contributed by atoms with Crippen molar-refractivity contribution in [3.8, 4) is 11.5 Å². The second-order valence-electron chi connectivity index (χ2n) is 9.64. The van der Waals surface area contributed by atoms with Crippen molar-refractivity contribution >= 4 is 49.1 Å². The van der Waals surface area contributed by atoms with E-state index in [0.29, 0.717) is 41.0 Å². The lowest BCUT2D eigenvalue weighted by Gasteiger charge is -2.30. The van der Waals surface area contributed by atoms with Gasteiger partial charge < -0.3 is 14.4 Å². The number of sulfonamides is 2. The number of hydrogen-bond acceptors (Lipinski definition) is 8. The van der Waals surface area contributed by atoms with E-state index < -0.39 is 20.0 Å². The first-order valence-electron chi connectivity index (χ1n) is 12.8. The summed E-state index contributed by atoms with van der Waals surface area (Å²) >= 11 is 1.38. The van der Waals surface area contributed by atoms with Gasteiger partial charge >= 0.3 is 0 Å². The molecule has 0 radical (unpaired) electrons. The maximum absolute atomic E-state index is 13.3. The van der Waals surface area contributed by atoms with Crippen LogP contribution in [0.15, 0.2) is 75.4 Å². The molecule has 1 saturated heterocycles. The van der Waals surface area contributed by atoms with E-state index in [1.54, 1.807) is 23.1 Å². The number of piperidine rings is 1. The zero-order valence-corrected chi connectivity index (χ0v) is 25.7. The van der Waals surface area contributed by atoms with Gasteiger partial charge in [0.15, 0.2) is 0 Å². The van der Waals surface area contributed by atoms with E-state index in [-0.39, 0.29) is 27.1 Å². The molecule has 0 aromatic heterocycles. The Bertz CT molecular complexity index is 1620. The molecule has 13 heteroatoms. The summed E-state index contributed by atoms with van der Waals surface area (Å²) in [6.07, 6.45) is 3.66. The highest BCUT2D eigenvalue weighted by Crippen LogP contribution is 2.32. The van der Waals surface area contributed by atoms with Crippen LogP contribution in [0.1, 0.15) is 30.1 Å². The number of anilines is 2. The first kappa shape index (κ1) is 30.5. The van der Waals surface area contributed by atoms with E-state index >= 15 is 0 Å². The SMILES string of the molecule is COc1ccc(OC)c(NS(=O)(=O)c2ccc(NS(=O)(=O)c3ccc(SC)c(C(=O)N4CCC(C)CC4)c3)cc2)c1. The summed E-state index contributed by atoms with van der Waals surface area (Å²) < 4.78 is 67.9. The lowest BCUT2D eigenvalue weighted by atomic mass is 9.98. The number of nitrogens with zero attached hydrogens (tertiary/aromatic N) is 1. The Labute approximate surface area is 245 Å². The lowest BCUT2D eigenvalue weighted by molar-refractivity contribution is 0.0693. The van der Waals surface area contributed by atoms with E-state index in [4.69, 9.17) is 9.47 Å². The van der Waals surface area contributed by atoms with Gasteiger partial charge in [-0.05, 0) is 79.6 Å². The van der Waals surface area contributed by atoms with E-state index in [0.717, 1.165) is 12.8 Å². The van der Waals surface area contributed by atoms with Crippen molar-refractivity contribution in [1.82, 2.24) is 4.90 Å². The third kappa shape index (κ3) is 7.08. The maximum Gasteiger partial charge on any atom is 0.262 e. The Balaban J connectivity index is 1.53. The Morgan fingerprint density at radius 2 is 1.49 bits per heavy atom. The van der Waals surface area contributed by atoms with Crippen molar-refractivity contribution in [3.05, 3.63) is 66.2 Å². The number of carbonyl (C=O) groups is 1. The monoisotopic (exact) mass is 619 g/mol. The van der Waals surface area contributed by atoms with Gasteiger partial charge in [-0.15, -0.1) is 11.8 Å². The quantitative estimate of drug-likeness (QED) is 0.307. The molecule has 1 aliphatic rings. The predicted octanol–water partition coefficient (Wildman–Crippen LogP) is 4.90. The molecule has 2 N–H and O–H groups in total. The summed E-state index contributed by atoms with van der Waals surface area (Å²) in [7, 11) is -5.22. The minimum atomic E-state index is -4.07. The summed E-state index contributed by atoms with van der Waals surface area (Å²) in [6, 6.07) is 14.5. The largest absolute Gasteiger partial charge is 0.497 e. The third-order valence-corrected chi connectivity index (χ3v) is 10.4. The van der Waals surface area contributed by atoms with Crippen LogP contribution in [-0.4, -0.2) is 61.2 Å². The number of likely N-dealkylation sites (tertiary alicyclic amines) is 1. The lowest BCUT2D eigenvalue weighted by Crippen LogP contribution is -2.38. The molecule has 0 unspecified atom stereocenters. The first-order chi connectivity index (χ1) is 19.5. The van der Waals surface area contributed by atoms with Gasteiger partial charge in [-0.25, -0.2) is 16.8 Å². The number of methoxy groups -OCH3 is 2. The van der Waals surface area contributed by atoms with E-state index in [1.165, 1.54) is 68.4 Å². The van der Waals surface area contributed by atoms with Gasteiger partial charge in [0.05, 0.1) is 35.3 Å². The van der Waals surface area contributed by atoms with E-state index in [1.807, 2.05) is 6.26 Å². The molecule has 41 heavy (non-hydrogen) atoms. The second kappa shape index (κ2) is 12.6. The molecular formula is C28H33N3O7S3. The smallest absolute Gasteiger partial charge is 0.262 e. The molecule has 1 heterocycles. The van der Waals surface area contributed by atoms with Gasteiger partial charge in [0.1, 0.15) is 11.5 Å². The zero-order valence-electron chi connectivity index (χ0n) is 23.2. The molecule has 1 amide bonds. The fraction of sp³-hybridized carbons (Fsp3) is 0.321. The van der Waals surface area contributed by atoms with Crippen LogP contribution in [0.2, 0.25) is 0 Å². The molecule has 1 fully saturated rings. The number of benzene rings is 3. The maximum atomic E-state index is 13.3. The van der Waals surface area contributed by atoms with Crippen molar-refractivity contribution < 1.29 is 31.1 Å². The van der Waals surface area contributed by atoms with Gasteiger partial charge in [-0.1, -0.05) is 6.92 Å². The summed E-state index contributed by atoms with van der Waals surface area (Å²) in [4.78, 5) is 15.6. The topological polar surface area (TPSA) is 131 Å². The third-order valence-electron chi connectivity index (χ3n) is 6.85. The first-order valence-corrected chi connectivity index (χ1v) is 17.0. The predicted molar refractivity (Wildman–Crippen MR) is 160 cm³/mol. The molecule has 1 aliphatic heterocycles. The molecule has 4 rings (SSSR count). The fourth-order valence-corrected chi connectivity index (χ4v) is 7.13. The van der Waals surface area contributed by atoms with Crippen LogP contribution in [-0.2, 0) is 20.0 Å². The molecule has 3 aromatic rings. The number of rotatable bonds is 10. The number of amides is 1. The highest BCUT2D eigenvalue weighted by molar-refractivity contribution is 7.98. The van der Waals surface area contributed by atoms with Crippen LogP contribution in [0.3, 0.4) is 0 Å². The number of carbonyl (C=O) groups excluding carboxylic acids is 1. The number of ether oxygens (including phenoxy) is 2. The Morgan fingerprint density at radius 1 is 0.854 bits per heavy atom. The van der Waals surface area contributed by atoms with Gasteiger partial charge in [-0.2, -0.15) is 0 Å². The zero-order chi connectivity index (χ0) is 29.8. The number of thioether (sulfide) groups is 1. The molecule has 3 aromatic carbocycles. The molecule has 0 bridgehead atoms. The summed E-state index contributed by atoms with van der Waals surface area (Å²) in [5.41, 5.74) is 0.694. The van der Waals surface area contributed by atoms with E-state index in [2.05, 4.69) is 16.4 Å². The molecule has 220 valence electrons. The van der Waals surface area contributed by atoms with Crippen LogP contribution < -0.4 is 18.9 Å². The second-order valence-corrected chi connectivity index (χ2v) is 13.9. The summed E-state index contributed by atoms with van der Waals surface area (Å²) in [5.74, 6) is 1.11.